The van der Waals surface area contributed by atoms with Crippen LogP contribution < -0.4 is 0 Å². The van der Waals surface area contributed by atoms with Gasteiger partial charge in [0.2, 0.25) is 0 Å². The molecule has 0 aromatic carbocycles. The van der Waals surface area contributed by atoms with Crippen LogP contribution in [0.3, 0.4) is 0 Å². The van der Waals surface area contributed by atoms with Gasteiger partial charge in [0.1, 0.15) is 5.76 Å². The lowest BCUT2D eigenvalue weighted by Crippen LogP contribution is -2.44. The number of hydrogen-bond donors (Lipinski definition) is 0. The summed E-state index contributed by atoms with van der Waals surface area (Å²) in [7, 11) is 2.67. The zero-order chi connectivity index (χ0) is 17.6. The van der Waals surface area contributed by atoms with Gasteiger partial charge < -0.3 is 18.6 Å². The first-order chi connectivity index (χ1) is 10.00. The van der Waals surface area contributed by atoms with Crippen LogP contribution in [0.4, 0.5) is 0 Å². The van der Waals surface area contributed by atoms with Crippen molar-refractivity contribution < 1.29 is 23.4 Å². The van der Waals surface area contributed by atoms with Crippen LogP contribution in [0.15, 0.2) is 11.8 Å². The first-order valence-electron chi connectivity index (χ1n) is 7.50. The van der Waals surface area contributed by atoms with Crippen LogP contribution in [-0.4, -0.2) is 48.3 Å². The number of carbonyl (C=O) groups is 1. The Morgan fingerprint density at radius 3 is 2.05 bits per heavy atom. The Morgan fingerprint density at radius 2 is 1.68 bits per heavy atom. The Kier molecular flexibility index (Phi) is 8.36. The van der Waals surface area contributed by atoms with E-state index in [4.69, 9.17) is 13.9 Å². The molecule has 0 aliphatic rings. The van der Waals surface area contributed by atoms with E-state index in [1.165, 1.54) is 20.3 Å². The molecule has 0 radical (unpaired) electrons. The van der Waals surface area contributed by atoms with Gasteiger partial charge in [0.15, 0.2) is 8.32 Å². The van der Waals surface area contributed by atoms with Crippen molar-refractivity contribution in [3.05, 3.63) is 11.8 Å². The van der Waals surface area contributed by atoms with Gasteiger partial charge >= 0.3 is 5.97 Å². The lowest BCUT2D eigenvalue weighted by Gasteiger charge is -2.37. The molecule has 0 rings (SSSR count). The van der Waals surface area contributed by atoms with E-state index >= 15 is 0 Å². The lowest BCUT2D eigenvalue weighted by molar-refractivity contribution is -0.135. The summed E-state index contributed by atoms with van der Waals surface area (Å²) in [5.74, 6) is -0.0275. The van der Waals surface area contributed by atoms with E-state index in [1.807, 2.05) is 6.92 Å². The number of ether oxygens (including phenoxy) is 3. The van der Waals surface area contributed by atoms with Gasteiger partial charge in [-0.25, -0.2) is 4.79 Å². The standard InChI is InChI=1S/C16H32O5Si/c1-12(13(18-5)10-15(17)20-7)14(19-6)11-21-22(8,9)16(2,3)4/h10,12,14H,11H2,1-9H3/b13-10+/t12-,14-/m0/s1. The maximum atomic E-state index is 11.4. The fourth-order valence-electron chi connectivity index (χ4n) is 1.66. The Bertz CT molecular complexity index is 384. The van der Waals surface area contributed by atoms with Crippen LogP contribution in [-0.2, 0) is 23.4 Å². The summed E-state index contributed by atoms with van der Waals surface area (Å²) in [6.07, 6.45) is 1.16. The van der Waals surface area contributed by atoms with Crippen LogP contribution in [0.1, 0.15) is 27.7 Å². The van der Waals surface area contributed by atoms with Crippen LogP contribution >= 0.6 is 0 Å². The van der Waals surface area contributed by atoms with Gasteiger partial charge in [0, 0.05) is 13.0 Å². The second kappa shape index (κ2) is 8.69. The summed E-state index contributed by atoms with van der Waals surface area (Å²) in [6.45, 7) is 13.4. The van der Waals surface area contributed by atoms with Crippen molar-refractivity contribution in [1.82, 2.24) is 0 Å². The molecule has 0 amide bonds. The third kappa shape index (κ3) is 6.10. The average Bonchev–Trinajstić information content (AvgIpc) is 2.43. The number of methoxy groups -OCH3 is 3. The number of hydrogen-bond acceptors (Lipinski definition) is 5. The second-order valence-electron chi connectivity index (χ2n) is 6.91. The van der Waals surface area contributed by atoms with Crippen molar-refractivity contribution in [2.75, 3.05) is 27.9 Å². The molecule has 0 aliphatic carbocycles. The van der Waals surface area contributed by atoms with E-state index in [2.05, 4.69) is 38.6 Å². The van der Waals surface area contributed by atoms with Crippen molar-refractivity contribution in [3.63, 3.8) is 0 Å². The third-order valence-electron chi connectivity index (χ3n) is 4.42. The summed E-state index contributed by atoms with van der Waals surface area (Å²) >= 11 is 0. The summed E-state index contributed by atoms with van der Waals surface area (Å²) in [4.78, 5) is 11.4. The molecule has 0 heterocycles. The first kappa shape index (κ1) is 21.1. The molecular weight excluding hydrogens is 300 g/mol. The van der Waals surface area contributed by atoms with Gasteiger partial charge in [-0.2, -0.15) is 0 Å². The van der Waals surface area contributed by atoms with Crippen molar-refractivity contribution in [2.45, 2.75) is 51.9 Å². The topological polar surface area (TPSA) is 54.0 Å². The first-order valence-corrected chi connectivity index (χ1v) is 10.4. The molecule has 0 unspecified atom stereocenters. The normalized spacial score (nSPS) is 16.1. The molecule has 0 aliphatic heterocycles. The molecule has 0 spiro atoms. The molecule has 0 N–H and O–H groups in total. The van der Waals surface area contributed by atoms with Crippen molar-refractivity contribution in [2.24, 2.45) is 5.92 Å². The monoisotopic (exact) mass is 332 g/mol. The van der Waals surface area contributed by atoms with Crippen molar-refractivity contribution in [3.8, 4) is 0 Å². The van der Waals surface area contributed by atoms with Gasteiger partial charge in [-0.15, -0.1) is 0 Å². The zero-order valence-electron chi connectivity index (χ0n) is 15.5. The molecule has 22 heavy (non-hydrogen) atoms. The molecule has 2 atom stereocenters. The highest BCUT2D eigenvalue weighted by atomic mass is 28.4. The summed E-state index contributed by atoms with van der Waals surface area (Å²) < 4.78 is 21.7. The molecule has 0 bridgehead atoms. The number of esters is 1. The fraction of sp³-hybridized carbons (Fsp3) is 0.812. The largest absolute Gasteiger partial charge is 0.500 e. The van der Waals surface area contributed by atoms with Crippen molar-refractivity contribution in [1.29, 1.82) is 0 Å². The maximum absolute atomic E-state index is 11.4. The zero-order valence-corrected chi connectivity index (χ0v) is 16.5. The SMILES string of the molecule is COC(=O)/C=C(/OC)[C@H](C)[C@H](CO[Si](C)(C)C(C)(C)C)OC. The van der Waals surface area contributed by atoms with E-state index in [0.717, 1.165) is 0 Å². The lowest BCUT2D eigenvalue weighted by atomic mass is 10.0. The van der Waals surface area contributed by atoms with E-state index in [9.17, 15) is 4.79 Å². The van der Waals surface area contributed by atoms with Crippen molar-refractivity contribution >= 4 is 14.3 Å². The molecular formula is C16H32O5Si. The fourth-order valence-corrected chi connectivity index (χ4v) is 2.67. The van der Waals surface area contributed by atoms with Gasteiger partial charge in [-0.1, -0.05) is 27.7 Å². The number of rotatable bonds is 8. The predicted octanol–water partition coefficient (Wildman–Crippen LogP) is 3.36. The second-order valence-corrected chi connectivity index (χ2v) is 11.7. The van der Waals surface area contributed by atoms with Gasteiger partial charge in [0.25, 0.3) is 0 Å². The molecule has 5 nitrogen and oxygen atoms in total. The van der Waals surface area contributed by atoms with E-state index in [1.54, 1.807) is 7.11 Å². The van der Waals surface area contributed by atoms with Crippen LogP contribution in [0, 0.1) is 5.92 Å². The van der Waals surface area contributed by atoms with Gasteiger partial charge in [-0.3, -0.25) is 0 Å². The highest BCUT2D eigenvalue weighted by Crippen LogP contribution is 2.37. The molecule has 6 heteroatoms. The third-order valence-corrected chi connectivity index (χ3v) is 8.92. The quantitative estimate of drug-likeness (QED) is 0.295. The highest BCUT2D eigenvalue weighted by Gasteiger charge is 2.38. The summed E-state index contributed by atoms with van der Waals surface area (Å²) in [6, 6.07) is 0. The molecule has 0 aromatic heterocycles. The summed E-state index contributed by atoms with van der Waals surface area (Å²) in [5, 5.41) is 0.139. The molecule has 0 saturated carbocycles. The predicted molar refractivity (Wildman–Crippen MR) is 90.2 cm³/mol. The number of carbonyl (C=O) groups excluding carboxylic acids is 1. The molecule has 0 saturated heterocycles. The Balaban J connectivity index is 4.96. The summed E-state index contributed by atoms with van der Waals surface area (Å²) in [5.41, 5.74) is 0. The molecule has 0 aromatic rings. The Morgan fingerprint density at radius 1 is 1.14 bits per heavy atom. The Hall–Kier alpha value is -0.853. The van der Waals surface area contributed by atoms with E-state index < -0.39 is 14.3 Å². The van der Waals surface area contributed by atoms with Crippen LogP contribution in [0.5, 0.6) is 0 Å². The minimum atomic E-state index is -1.85. The minimum Gasteiger partial charge on any atom is -0.500 e. The molecule has 130 valence electrons. The van der Waals surface area contributed by atoms with Gasteiger partial charge in [0.05, 0.1) is 33.0 Å². The van der Waals surface area contributed by atoms with E-state index in [0.29, 0.717) is 12.4 Å². The van der Waals surface area contributed by atoms with Crippen LogP contribution in [0.25, 0.3) is 0 Å². The smallest absolute Gasteiger partial charge is 0.333 e. The Labute approximate surface area is 136 Å². The highest BCUT2D eigenvalue weighted by molar-refractivity contribution is 6.74. The molecule has 0 fully saturated rings. The van der Waals surface area contributed by atoms with Crippen LogP contribution in [0.2, 0.25) is 18.1 Å². The maximum Gasteiger partial charge on any atom is 0.333 e. The average molecular weight is 333 g/mol. The minimum absolute atomic E-state index is 0.112. The van der Waals surface area contributed by atoms with E-state index in [-0.39, 0.29) is 17.1 Å². The van der Waals surface area contributed by atoms with Gasteiger partial charge in [-0.05, 0) is 18.1 Å².